The van der Waals surface area contributed by atoms with Gasteiger partial charge in [0, 0.05) is 5.71 Å². The van der Waals surface area contributed by atoms with Gasteiger partial charge in [-0.3, -0.25) is 24.3 Å². The zero-order valence-corrected chi connectivity index (χ0v) is 18.7. The zero-order chi connectivity index (χ0) is 23.8. The normalized spacial score (nSPS) is 17.8. The number of para-hydroxylation sites is 2. The molecule has 2 heterocycles. The highest BCUT2D eigenvalue weighted by atomic mass is 16.2. The van der Waals surface area contributed by atoms with E-state index in [4.69, 9.17) is 9.98 Å². The largest absolute Gasteiger partial charge is 0.312 e. The van der Waals surface area contributed by atoms with Crippen molar-refractivity contribution in [3.8, 4) is 0 Å². The van der Waals surface area contributed by atoms with E-state index < -0.39 is 29.7 Å². The summed E-state index contributed by atoms with van der Waals surface area (Å²) in [6, 6.07) is 22.7. The second-order valence-corrected chi connectivity index (χ2v) is 8.27. The fourth-order valence-electron chi connectivity index (χ4n) is 4.35. The molecule has 0 spiro atoms. The summed E-state index contributed by atoms with van der Waals surface area (Å²) in [5.41, 5.74) is 3.63. The Labute approximate surface area is 196 Å². The summed E-state index contributed by atoms with van der Waals surface area (Å²) in [5.74, 6) is -1.46. The van der Waals surface area contributed by atoms with Gasteiger partial charge < -0.3 is 5.32 Å². The van der Waals surface area contributed by atoms with E-state index in [1.807, 2.05) is 61.5 Å². The summed E-state index contributed by atoms with van der Waals surface area (Å²) in [5, 5.41) is 2.91. The molecule has 0 bridgehead atoms. The lowest BCUT2D eigenvalue weighted by molar-refractivity contribution is -0.123. The van der Waals surface area contributed by atoms with E-state index in [9.17, 15) is 14.4 Å². The van der Waals surface area contributed by atoms with Crippen molar-refractivity contribution in [3.63, 3.8) is 0 Å². The average molecular weight is 450 g/mol. The maximum atomic E-state index is 13.4. The molecule has 0 aromatic heterocycles. The summed E-state index contributed by atoms with van der Waals surface area (Å²) in [6.07, 6.45) is 0. The molecule has 0 saturated heterocycles. The van der Waals surface area contributed by atoms with Crippen LogP contribution in [0.1, 0.15) is 46.0 Å². The molecule has 2 aliphatic rings. The minimum Gasteiger partial charge on any atom is -0.312 e. The van der Waals surface area contributed by atoms with Crippen LogP contribution >= 0.6 is 0 Å². The second-order valence-electron chi connectivity index (χ2n) is 8.27. The number of nitrogens with zero attached hydrogens (tertiary/aromatic N) is 3. The average Bonchev–Trinajstić information content (AvgIpc) is 3.01. The Morgan fingerprint density at radius 2 is 1.35 bits per heavy atom. The molecular weight excluding hydrogens is 428 g/mol. The zero-order valence-electron chi connectivity index (χ0n) is 18.7. The third-order valence-electron chi connectivity index (χ3n) is 6.09. The first-order valence-electron chi connectivity index (χ1n) is 11.0. The number of carbonyl (C=O) groups is 3. The van der Waals surface area contributed by atoms with Crippen LogP contribution in [0.5, 0.6) is 0 Å². The molecule has 7 heteroatoms. The van der Waals surface area contributed by atoms with E-state index in [1.165, 1.54) is 0 Å². The monoisotopic (exact) mass is 450 g/mol. The highest BCUT2D eigenvalue weighted by Gasteiger charge is 2.41. The van der Waals surface area contributed by atoms with Crippen molar-refractivity contribution in [2.24, 2.45) is 9.98 Å². The van der Waals surface area contributed by atoms with Crippen molar-refractivity contribution in [2.45, 2.75) is 25.8 Å². The van der Waals surface area contributed by atoms with Gasteiger partial charge in [-0.25, -0.2) is 4.99 Å². The molecule has 0 fully saturated rings. The van der Waals surface area contributed by atoms with E-state index in [0.29, 0.717) is 28.3 Å². The van der Waals surface area contributed by atoms with Crippen molar-refractivity contribution in [1.82, 2.24) is 10.2 Å². The molecule has 0 aliphatic carbocycles. The molecule has 5 rings (SSSR count). The number of amides is 3. The summed E-state index contributed by atoms with van der Waals surface area (Å²) < 4.78 is 0. The van der Waals surface area contributed by atoms with E-state index in [1.54, 1.807) is 31.2 Å². The fourth-order valence-corrected chi connectivity index (χ4v) is 4.35. The van der Waals surface area contributed by atoms with E-state index in [-0.39, 0.29) is 0 Å². The van der Waals surface area contributed by atoms with Gasteiger partial charge in [0.15, 0.2) is 0 Å². The van der Waals surface area contributed by atoms with Gasteiger partial charge in [-0.05, 0) is 43.7 Å². The lowest BCUT2D eigenvalue weighted by Gasteiger charge is -2.24. The van der Waals surface area contributed by atoms with Gasteiger partial charge in [-0.15, -0.1) is 0 Å². The smallest absolute Gasteiger partial charge is 0.262 e. The van der Waals surface area contributed by atoms with Gasteiger partial charge in [-0.1, -0.05) is 54.6 Å². The number of imide groups is 1. The Morgan fingerprint density at radius 1 is 0.824 bits per heavy atom. The van der Waals surface area contributed by atoms with Crippen molar-refractivity contribution >= 4 is 40.6 Å². The molecule has 2 aliphatic heterocycles. The van der Waals surface area contributed by atoms with Crippen LogP contribution in [-0.4, -0.2) is 40.2 Å². The van der Waals surface area contributed by atoms with Crippen LogP contribution in [-0.2, 0) is 4.79 Å². The molecule has 2 unspecified atom stereocenters. The van der Waals surface area contributed by atoms with E-state index >= 15 is 0 Å². The van der Waals surface area contributed by atoms with Crippen molar-refractivity contribution in [3.05, 3.63) is 95.6 Å². The van der Waals surface area contributed by atoms with Crippen LogP contribution in [0.4, 0.5) is 11.4 Å². The SMILES string of the molecule is CC1=Nc2ccccc2N=C(NC(=O)C(C)N2C(=O)c3ccccc3C2=O)C1c1ccccc1. The van der Waals surface area contributed by atoms with Crippen molar-refractivity contribution in [1.29, 1.82) is 0 Å². The predicted octanol–water partition coefficient (Wildman–Crippen LogP) is 4.41. The topological polar surface area (TPSA) is 91.2 Å². The Hall–Kier alpha value is -4.39. The molecule has 3 aromatic carbocycles. The lowest BCUT2D eigenvalue weighted by Crippen LogP contribution is -2.50. The third kappa shape index (κ3) is 3.61. The third-order valence-corrected chi connectivity index (χ3v) is 6.09. The molecule has 7 nitrogen and oxygen atoms in total. The molecule has 34 heavy (non-hydrogen) atoms. The van der Waals surface area contributed by atoms with Gasteiger partial charge in [0.25, 0.3) is 11.8 Å². The quantitative estimate of drug-likeness (QED) is 0.600. The van der Waals surface area contributed by atoms with Crippen LogP contribution < -0.4 is 5.32 Å². The summed E-state index contributed by atoms with van der Waals surface area (Å²) >= 11 is 0. The minimum atomic E-state index is -1.03. The van der Waals surface area contributed by atoms with Crippen molar-refractivity contribution < 1.29 is 14.4 Å². The first-order chi connectivity index (χ1) is 16.5. The number of fused-ring (bicyclic) bond motifs is 2. The predicted molar refractivity (Wildman–Crippen MR) is 130 cm³/mol. The maximum absolute atomic E-state index is 13.4. The second kappa shape index (κ2) is 8.51. The Bertz CT molecular complexity index is 1340. The summed E-state index contributed by atoms with van der Waals surface area (Å²) in [6.45, 7) is 3.44. The van der Waals surface area contributed by atoms with Gasteiger partial charge in [0.1, 0.15) is 11.9 Å². The number of rotatable bonds is 3. The molecule has 0 saturated carbocycles. The lowest BCUT2D eigenvalue weighted by atomic mass is 9.93. The molecule has 0 radical (unpaired) electrons. The van der Waals surface area contributed by atoms with Crippen LogP contribution in [0.2, 0.25) is 0 Å². The Morgan fingerprint density at radius 3 is 1.97 bits per heavy atom. The van der Waals surface area contributed by atoms with Crippen molar-refractivity contribution in [2.75, 3.05) is 0 Å². The number of hydrogen-bond acceptors (Lipinski definition) is 5. The number of amidine groups is 1. The van der Waals surface area contributed by atoms with Gasteiger partial charge in [0.2, 0.25) is 5.91 Å². The molecule has 3 amide bonds. The first-order valence-corrected chi connectivity index (χ1v) is 11.0. The van der Waals surface area contributed by atoms with Gasteiger partial charge in [0.05, 0.1) is 28.4 Å². The van der Waals surface area contributed by atoms with E-state index in [0.717, 1.165) is 16.2 Å². The maximum Gasteiger partial charge on any atom is 0.262 e. The summed E-state index contributed by atoms with van der Waals surface area (Å²) in [7, 11) is 0. The highest BCUT2D eigenvalue weighted by molar-refractivity contribution is 6.24. The fraction of sp³-hybridized carbons (Fsp3) is 0.148. The number of aliphatic imine (C=N–C) groups is 2. The van der Waals surface area contributed by atoms with E-state index in [2.05, 4.69) is 5.32 Å². The number of hydrogen-bond donors (Lipinski definition) is 1. The Balaban J connectivity index is 1.50. The highest BCUT2D eigenvalue weighted by Crippen LogP contribution is 2.34. The first kappa shape index (κ1) is 21.5. The van der Waals surface area contributed by atoms with Crippen LogP contribution in [0.25, 0.3) is 0 Å². The van der Waals surface area contributed by atoms with Crippen LogP contribution in [0.3, 0.4) is 0 Å². The van der Waals surface area contributed by atoms with Gasteiger partial charge in [-0.2, -0.15) is 0 Å². The number of benzene rings is 3. The molecule has 1 N–H and O–H groups in total. The minimum absolute atomic E-state index is 0.304. The van der Waals surface area contributed by atoms with Crippen LogP contribution in [0, 0.1) is 0 Å². The van der Waals surface area contributed by atoms with Crippen LogP contribution in [0.15, 0.2) is 88.8 Å². The Kier molecular flexibility index (Phi) is 5.37. The standard InChI is InChI=1S/C27H22N4O3/c1-16-23(18-10-4-3-5-11-18)24(29-22-15-9-8-14-21(22)28-16)30-25(32)17(2)31-26(33)19-12-6-7-13-20(19)27(31)34/h3-15,17,23H,1-2H3,(H,29,30,32). The molecular formula is C27H22N4O3. The number of carbonyl (C=O) groups excluding carboxylic acids is 3. The number of nitrogens with one attached hydrogen (secondary N) is 1. The summed E-state index contributed by atoms with van der Waals surface area (Å²) in [4.78, 5) is 49.6. The molecule has 2 atom stereocenters. The molecule has 3 aromatic rings. The van der Waals surface area contributed by atoms with Gasteiger partial charge >= 0.3 is 0 Å². The molecule has 168 valence electrons.